The van der Waals surface area contributed by atoms with Crippen molar-refractivity contribution >= 4 is 21.8 Å². The zero-order chi connectivity index (χ0) is 14.0. The Bertz CT molecular complexity index is 500. The normalized spacial score (nSPS) is 16.2. The molecule has 2 rings (SSSR count). The van der Waals surface area contributed by atoms with E-state index in [1.807, 2.05) is 11.0 Å². The molecule has 0 saturated carbocycles. The minimum atomic E-state index is 0.0108. The molecule has 19 heavy (non-hydrogen) atoms. The molecule has 1 amide bonds. The van der Waals surface area contributed by atoms with Gasteiger partial charge in [0.1, 0.15) is 5.69 Å². The van der Waals surface area contributed by atoms with E-state index in [4.69, 9.17) is 0 Å². The number of carbonyl (C=O) groups is 1. The third kappa shape index (κ3) is 3.44. The van der Waals surface area contributed by atoms with Gasteiger partial charge in [-0.05, 0) is 39.9 Å². The molecule has 2 heterocycles. The second-order valence-corrected chi connectivity index (χ2v) is 6.76. The number of amides is 1. The Morgan fingerprint density at radius 3 is 2.58 bits per heavy atom. The molecule has 0 N–H and O–H groups in total. The molecule has 0 unspecified atom stereocenters. The molecule has 0 bridgehead atoms. The third-order valence-corrected chi connectivity index (χ3v) is 3.88. The van der Waals surface area contributed by atoms with E-state index in [-0.39, 0.29) is 11.3 Å². The molecule has 0 radical (unpaired) electrons. The van der Waals surface area contributed by atoms with E-state index in [2.05, 4.69) is 47.8 Å². The highest BCUT2D eigenvalue weighted by atomic mass is 79.9. The first kappa shape index (κ1) is 14.3. The highest BCUT2D eigenvalue weighted by Crippen LogP contribution is 2.30. The van der Waals surface area contributed by atoms with Gasteiger partial charge in [0.05, 0.1) is 0 Å². The van der Waals surface area contributed by atoms with Gasteiger partial charge in [0.2, 0.25) is 0 Å². The molecular formula is C15H19BrN2O. The molecule has 0 spiro atoms. The number of hydrogen-bond donors (Lipinski definition) is 0. The van der Waals surface area contributed by atoms with Crippen molar-refractivity contribution in [2.45, 2.75) is 27.2 Å². The average molecular weight is 323 g/mol. The first-order valence-corrected chi connectivity index (χ1v) is 7.27. The van der Waals surface area contributed by atoms with Gasteiger partial charge < -0.3 is 4.90 Å². The number of carbonyl (C=O) groups excluding carboxylic acids is 1. The van der Waals surface area contributed by atoms with Crippen molar-refractivity contribution in [3.8, 4) is 0 Å². The zero-order valence-corrected chi connectivity index (χ0v) is 13.2. The van der Waals surface area contributed by atoms with Crippen LogP contribution in [0.4, 0.5) is 0 Å². The summed E-state index contributed by atoms with van der Waals surface area (Å²) in [4.78, 5) is 18.3. The average Bonchev–Trinajstić information content (AvgIpc) is 2.38. The van der Waals surface area contributed by atoms with Gasteiger partial charge in [0.15, 0.2) is 0 Å². The van der Waals surface area contributed by atoms with Crippen LogP contribution in [0.1, 0.15) is 37.7 Å². The van der Waals surface area contributed by atoms with Crippen LogP contribution in [-0.4, -0.2) is 28.9 Å². The Balaban J connectivity index is 2.07. The lowest BCUT2D eigenvalue weighted by molar-refractivity contribution is 0.0759. The van der Waals surface area contributed by atoms with Gasteiger partial charge in [-0.2, -0.15) is 0 Å². The predicted molar refractivity (Wildman–Crippen MR) is 80.0 cm³/mol. The summed E-state index contributed by atoms with van der Waals surface area (Å²) in [5.41, 5.74) is 2.14. The summed E-state index contributed by atoms with van der Waals surface area (Å²) in [5, 5.41) is 0. The van der Waals surface area contributed by atoms with Crippen LogP contribution in [0.15, 0.2) is 34.5 Å². The van der Waals surface area contributed by atoms with Gasteiger partial charge in [-0.3, -0.25) is 4.79 Å². The van der Waals surface area contributed by atoms with Crippen LogP contribution in [0.3, 0.4) is 0 Å². The smallest absolute Gasteiger partial charge is 0.272 e. The number of nitrogens with zero attached hydrogens (tertiary/aromatic N) is 2. The monoisotopic (exact) mass is 322 g/mol. The highest BCUT2D eigenvalue weighted by Gasteiger charge is 2.24. The summed E-state index contributed by atoms with van der Waals surface area (Å²) in [6.45, 7) is 8.11. The largest absolute Gasteiger partial charge is 0.333 e. The van der Waals surface area contributed by atoms with E-state index in [0.29, 0.717) is 12.2 Å². The molecule has 0 aromatic carbocycles. The SMILES string of the molecule is CC(C)(C)C1=CCN(C(=O)c2ccc(Br)cn2)CC1. The maximum atomic E-state index is 12.3. The van der Waals surface area contributed by atoms with Gasteiger partial charge >= 0.3 is 0 Å². The summed E-state index contributed by atoms with van der Waals surface area (Å²) in [5.74, 6) is 0.0108. The molecule has 0 atom stereocenters. The van der Waals surface area contributed by atoms with E-state index in [9.17, 15) is 4.79 Å². The molecule has 3 nitrogen and oxygen atoms in total. The second-order valence-electron chi connectivity index (χ2n) is 5.84. The second kappa shape index (κ2) is 5.45. The molecule has 4 heteroatoms. The topological polar surface area (TPSA) is 33.2 Å². The van der Waals surface area contributed by atoms with Crippen molar-refractivity contribution in [1.29, 1.82) is 0 Å². The number of aromatic nitrogens is 1. The van der Waals surface area contributed by atoms with Gasteiger partial charge in [0, 0.05) is 23.8 Å². The number of halogens is 1. The molecule has 1 aliphatic rings. The summed E-state index contributed by atoms with van der Waals surface area (Å²) in [7, 11) is 0. The first-order chi connectivity index (χ1) is 8.88. The van der Waals surface area contributed by atoms with E-state index < -0.39 is 0 Å². The van der Waals surface area contributed by atoms with E-state index >= 15 is 0 Å². The van der Waals surface area contributed by atoms with Gasteiger partial charge in [-0.25, -0.2) is 4.98 Å². The Morgan fingerprint density at radius 1 is 1.37 bits per heavy atom. The van der Waals surface area contributed by atoms with Crippen LogP contribution in [0, 0.1) is 5.41 Å². The summed E-state index contributed by atoms with van der Waals surface area (Å²) in [6.07, 6.45) is 4.79. The Hall–Kier alpha value is -1.16. The van der Waals surface area contributed by atoms with E-state index in [1.54, 1.807) is 12.3 Å². The van der Waals surface area contributed by atoms with Crippen LogP contribution in [0.25, 0.3) is 0 Å². The van der Waals surface area contributed by atoms with Crippen molar-refractivity contribution < 1.29 is 4.79 Å². The summed E-state index contributed by atoms with van der Waals surface area (Å²) in [6, 6.07) is 3.61. The minimum absolute atomic E-state index is 0.0108. The molecule has 1 aliphatic heterocycles. The maximum absolute atomic E-state index is 12.3. The van der Waals surface area contributed by atoms with E-state index in [0.717, 1.165) is 17.4 Å². The van der Waals surface area contributed by atoms with Crippen molar-refractivity contribution in [2.75, 3.05) is 13.1 Å². The zero-order valence-electron chi connectivity index (χ0n) is 11.6. The van der Waals surface area contributed by atoms with Gasteiger partial charge in [-0.15, -0.1) is 0 Å². The molecule has 1 aromatic rings. The van der Waals surface area contributed by atoms with Crippen LogP contribution < -0.4 is 0 Å². The maximum Gasteiger partial charge on any atom is 0.272 e. The standard InChI is InChI=1S/C15H19BrN2O/c1-15(2,3)11-6-8-18(9-7-11)14(19)13-5-4-12(16)10-17-13/h4-6,10H,7-9H2,1-3H3. The van der Waals surface area contributed by atoms with E-state index in [1.165, 1.54) is 5.57 Å². The Morgan fingerprint density at radius 2 is 2.11 bits per heavy atom. The lowest BCUT2D eigenvalue weighted by atomic mass is 9.83. The highest BCUT2D eigenvalue weighted by molar-refractivity contribution is 9.10. The van der Waals surface area contributed by atoms with Crippen molar-refractivity contribution in [2.24, 2.45) is 5.41 Å². The van der Waals surface area contributed by atoms with Gasteiger partial charge in [-0.1, -0.05) is 32.4 Å². The fraction of sp³-hybridized carbons (Fsp3) is 0.467. The van der Waals surface area contributed by atoms with Crippen LogP contribution in [0.2, 0.25) is 0 Å². The quantitative estimate of drug-likeness (QED) is 0.739. The number of rotatable bonds is 1. The van der Waals surface area contributed by atoms with Crippen molar-refractivity contribution in [1.82, 2.24) is 9.88 Å². The first-order valence-electron chi connectivity index (χ1n) is 6.48. The molecule has 0 fully saturated rings. The van der Waals surface area contributed by atoms with Crippen molar-refractivity contribution in [3.05, 3.63) is 40.1 Å². The predicted octanol–water partition coefficient (Wildman–Crippen LogP) is 3.66. The fourth-order valence-electron chi connectivity index (χ4n) is 2.20. The van der Waals surface area contributed by atoms with Crippen LogP contribution in [0.5, 0.6) is 0 Å². The molecule has 0 saturated heterocycles. The third-order valence-electron chi connectivity index (χ3n) is 3.41. The lowest BCUT2D eigenvalue weighted by Gasteiger charge is -2.32. The summed E-state index contributed by atoms with van der Waals surface area (Å²) >= 11 is 3.32. The molecule has 0 aliphatic carbocycles. The molecule has 1 aromatic heterocycles. The van der Waals surface area contributed by atoms with Crippen LogP contribution >= 0.6 is 15.9 Å². The number of pyridine rings is 1. The lowest BCUT2D eigenvalue weighted by Crippen LogP contribution is -2.36. The van der Waals surface area contributed by atoms with Gasteiger partial charge in [0.25, 0.3) is 5.91 Å². The summed E-state index contributed by atoms with van der Waals surface area (Å²) < 4.78 is 0.887. The molecule has 102 valence electrons. The van der Waals surface area contributed by atoms with Crippen molar-refractivity contribution in [3.63, 3.8) is 0 Å². The fourth-order valence-corrected chi connectivity index (χ4v) is 2.43. The Kier molecular flexibility index (Phi) is 4.09. The van der Waals surface area contributed by atoms with Crippen LogP contribution in [-0.2, 0) is 0 Å². The minimum Gasteiger partial charge on any atom is -0.333 e. The Labute approximate surface area is 122 Å². The number of hydrogen-bond acceptors (Lipinski definition) is 2. The molecular weight excluding hydrogens is 304 g/mol.